The van der Waals surface area contributed by atoms with Gasteiger partial charge < -0.3 is 4.90 Å². The fraction of sp³-hybridized carbons (Fsp3) is 0.375. The number of carbonyl (C=O) groups is 1. The topological polar surface area (TPSA) is 41.4 Å². The smallest absolute Gasteiger partial charge is 0.272 e. The van der Waals surface area contributed by atoms with Gasteiger partial charge in [0.15, 0.2) is 11.6 Å². The predicted molar refractivity (Wildman–Crippen MR) is 80.7 cm³/mol. The molecule has 0 spiro atoms. The maximum Gasteiger partial charge on any atom is 0.272 e. The van der Waals surface area contributed by atoms with Gasteiger partial charge in [-0.05, 0) is 12.1 Å². The zero-order valence-corrected chi connectivity index (χ0v) is 12.9. The second kappa shape index (κ2) is 6.45. The van der Waals surface area contributed by atoms with E-state index in [0.717, 1.165) is 6.07 Å². The summed E-state index contributed by atoms with van der Waals surface area (Å²) in [5.74, 6) is -1.67. The summed E-state index contributed by atoms with van der Waals surface area (Å²) < 4.78 is 28.5. The van der Waals surface area contributed by atoms with Gasteiger partial charge in [-0.25, -0.2) is 8.78 Å². The lowest BCUT2D eigenvalue weighted by atomic mass is 10.1. The summed E-state index contributed by atoms with van der Waals surface area (Å²) in [7, 11) is 1.73. The van der Waals surface area contributed by atoms with Crippen molar-refractivity contribution in [3.05, 3.63) is 53.4 Å². The fourth-order valence-corrected chi connectivity index (χ4v) is 2.77. The van der Waals surface area contributed by atoms with Gasteiger partial charge in [0.1, 0.15) is 5.69 Å². The summed E-state index contributed by atoms with van der Waals surface area (Å²) in [4.78, 5) is 16.2. The van der Waals surface area contributed by atoms with E-state index in [1.807, 2.05) is 4.90 Å². The van der Waals surface area contributed by atoms with Gasteiger partial charge in [-0.1, -0.05) is 12.1 Å². The van der Waals surface area contributed by atoms with Crippen molar-refractivity contribution < 1.29 is 13.6 Å². The van der Waals surface area contributed by atoms with Crippen molar-refractivity contribution >= 4 is 5.91 Å². The van der Waals surface area contributed by atoms with E-state index in [-0.39, 0.29) is 5.91 Å². The maximum atomic E-state index is 13.7. The Morgan fingerprint density at radius 1 is 1.17 bits per heavy atom. The molecule has 3 rings (SSSR count). The van der Waals surface area contributed by atoms with E-state index in [9.17, 15) is 13.6 Å². The van der Waals surface area contributed by atoms with Gasteiger partial charge in [0.05, 0.1) is 0 Å². The number of hydrogen-bond acceptors (Lipinski definition) is 3. The Hall–Kier alpha value is -2.28. The summed E-state index contributed by atoms with van der Waals surface area (Å²) in [5, 5.41) is 4.00. The molecular weight excluding hydrogens is 302 g/mol. The molecule has 1 saturated heterocycles. The second-order valence-electron chi connectivity index (χ2n) is 5.62. The molecule has 0 unspecified atom stereocenters. The first-order valence-corrected chi connectivity index (χ1v) is 7.49. The number of piperazine rings is 1. The third-order valence-electron chi connectivity index (χ3n) is 4.13. The molecule has 1 aliphatic rings. The normalized spacial score (nSPS) is 15.9. The van der Waals surface area contributed by atoms with Crippen LogP contribution in [0, 0.1) is 11.6 Å². The molecule has 7 heteroatoms. The second-order valence-corrected chi connectivity index (χ2v) is 5.62. The van der Waals surface area contributed by atoms with Crippen molar-refractivity contribution in [2.24, 2.45) is 7.05 Å². The number of benzene rings is 1. The minimum atomic E-state index is -0.826. The number of rotatable bonds is 3. The van der Waals surface area contributed by atoms with Crippen LogP contribution < -0.4 is 0 Å². The number of hydrogen-bond donors (Lipinski definition) is 0. The van der Waals surface area contributed by atoms with Crippen molar-refractivity contribution in [2.45, 2.75) is 6.54 Å². The van der Waals surface area contributed by atoms with Crippen LogP contribution in [0.25, 0.3) is 0 Å². The number of carbonyl (C=O) groups excluding carboxylic acids is 1. The molecule has 2 aromatic rings. The maximum absolute atomic E-state index is 13.7. The molecule has 5 nitrogen and oxygen atoms in total. The van der Waals surface area contributed by atoms with Crippen LogP contribution in [0.2, 0.25) is 0 Å². The van der Waals surface area contributed by atoms with Gasteiger partial charge in [-0.15, -0.1) is 0 Å². The van der Waals surface area contributed by atoms with Gasteiger partial charge in [0.2, 0.25) is 0 Å². The Bertz CT molecular complexity index is 708. The largest absolute Gasteiger partial charge is 0.335 e. The summed E-state index contributed by atoms with van der Waals surface area (Å²) in [5.41, 5.74) is 0.894. The highest BCUT2D eigenvalue weighted by Crippen LogP contribution is 2.15. The number of nitrogens with zero attached hydrogens (tertiary/aromatic N) is 4. The summed E-state index contributed by atoms with van der Waals surface area (Å²) in [6, 6.07) is 5.90. The van der Waals surface area contributed by atoms with E-state index in [2.05, 4.69) is 5.10 Å². The molecule has 1 aromatic heterocycles. The standard InChI is InChI=1S/C16H18F2N4O/c1-20-14(5-6-19-20)16(23)22-9-7-21(8-10-22)11-12-3-2-4-13(17)15(12)18/h2-6H,7-11H2,1H3. The lowest BCUT2D eigenvalue weighted by molar-refractivity contribution is 0.0616. The van der Waals surface area contributed by atoms with E-state index < -0.39 is 11.6 Å². The predicted octanol–water partition coefficient (Wildman–Crippen LogP) is 1.66. The third-order valence-corrected chi connectivity index (χ3v) is 4.13. The van der Waals surface area contributed by atoms with Gasteiger partial charge in [0.25, 0.3) is 5.91 Å². The first-order chi connectivity index (χ1) is 11.1. The van der Waals surface area contributed by atoms with E-state index in [1.54, 1.807) is 35.0 Å². The number of aromatic nitrogens is 2. The molecule has 0 atom stereocenters. The Morgan fingerprint density at radius 2 is 1.91 bits per heavy atom. The summed E-state index contributed by atoms with van der Waals surface area (Å²) in [6.07, 6.45) is 1.59. The minimum Gasteiger partial charge on any atom is -0.335 e. The lowest BCUT2D eigenvalue weighted by Crippen LogP contribution is -2.48. The number of amides is 1. The van der Waals surface area contributed by atoms with Crippen LogP contribution in [0.4, 0.5) is 8.78 Å². The van der Waals surface area contributed by atoms with E-state index in [4.69, 9.17) is 0 Å². The van der Waals surface area contributed by atoms with Crippen molar-refractivity contribution in [3.63, 3.8) is 0 Å². The monoisotopic (exact) mass is 320 g/mol. The molecule has 1 amide bonds. The summed E-state index contributed by atoms with van der Waals surface area (Å²) in [6.45, 7) is 2.71. The molecule has 2 heterocycles. The Kier molecular flexibility index (Phi) is 4.38. The highest BCUT2D eigenvalue weighted by molar-refractivity contribution is 5.92. The van der Waals surface area contributed by atoms with Gasteiger partial charge >= 0.3 is 0 Å². The molecule has 0 aliphatic carbocycles. The van der Waals surface area contributed by atoms with Crippen LogP contribution in [0.5, 0.6) is 0 Å². The molecule has 0 bridgehead atoms. The minimum absolute atomic E-state index is 0.0541. The Balaban J connectivity index is 1.59. The zero-order valence-electron chi connectivity index (χ0n) is 12.9. The van der Waals surface area contributed by atoms with Gasteiger partial charge in [-0.3, -0.25) is 14.4 Å². The van der Waals surface area contributed by atoms with Crippen LogP contribution in [0.3, 0.4) is 0 Å². The molecule has 1 aromatic carbocycles. The van der Waals surface area contributed by atoms with E-state index in [0.29, 0.717) is 44.0 Å². The fourth-order valence-electron chi connectivity index (χ4n) is 2.77. The quantitative estimate of drug-likeness (QED) is 0.864. The van der Waals surface area contributed by atoms with Crippen molar-refractivity contribution in [1.29, 1.82) is 0 Å². The zero-order chi connectivity index (χ0) is 16.4. The van der Waals surface area contributed by atoms with E-state index >= 15 is 0 Å². The molecule has 122 valence electrons. The van der Waals surface area contributed by atoms with Crippen LogP contribution in [-0.4, -0.2) is 51.7 Å². The van der Waals surface area contributed by atoms with Crippen LogP contribution in [0.1, 0.15) is 16.1 Å². The first-order valence-electron chi connectivity index (χ1n) is 7.49. The van der Waals surface area contributed by atoms with E-state index in [1.165, 1.54) is 6.07 Å². The van der Waals surface area contributed by atoms with Crippen LogP contribution in [-0.2, 0) is 13.6 Å². The van der Waals surface area contributed by atoms with Crippen LogP contribution in [0.15, 0.2) is 30.5 Å². The van der Waals surface area contributed by atoms with Crippen molar-refractivity contribution in [3.8, 4) is 0 Å². The highest BCUT2D eigenvalue weighted by Gasteiger charge is 2.24. The molecule has 0 N–H and O–H groups in total. The molecule has 0 saturated carbocycles. The average molecular weight is 320 g/mol. The highest BCUT2D eigenvalue weighted by atomic mass is 19.2. The molecule has 1 fully saturated rings. The summed E-state index contributed by atoms with van der Waals surface area (Å²) >= 11 is 0. The average Bonchev–Trinajstić information content (AvgIpc) is 2.98. The number of aryl methyl sites for hydroxylation is 1. The molecular formula is C16H18F2N4O. The van der Waals surface area contributed by atoms with Crippen LogP contribution >= 0.6 is 0 Å². The molecule has 0 radical (unpaired) electrons. The molecule has 23 heavy (non-hydrogen) atoms. The lowest BCUT2D eigenvalue weighted by Gasteiger charge is -2.34. The SMILES string of the molecule is Cn1nccc1C(=O)N1CCN(Cc2cccc(F)c2F)CC1. The van der Waals surface area contributed by atoms with Gasteiger partial charge in [-0.2, -0.15) is 5.10 Å². The molecule has 1 aliphatic heterocycles. The first kappa shape index (κ1) is 15.6. The Labute approximate surface area is 133 Å². The number of halogens is 2. The van der Waals surface area contributed by atoms with Crippen molar-refractivity contribution in [1.82, 2.24) is 19.6 Å². The van der Waals surface area contributed by atoms with Crippen molar-refractivity contribution in [2.75, 3.05) is 26.2 Å². The third kappa shape index (κ3) is 3.24. The Morgan fingerprint density at radius 3 is 2.57 bits per heavy atom. The van der Waals surface area contributed by atoms with Gasteiger partial charge in [0, 0.05) is 51.5 Å².